The molecule has 0 bridgehead atoms. The van der Waals surface area contributed by atoms with Crippen LogP contribution in [0.2, 0.25) is 0 Å². The van der Waals surface area contributed by atoms with Gasteiger partial charge in [0.2, 0.25) is 10.0 Å². The van der Waals surface area contributed by atoms with Crippen molar-refractivity contribution in [1.82, 2.24) is 4.72 Å². The summed E-state index contributed by atoms with van der Waals surface area (Å²) in [4.78, 5) is 12.1. The lowest BCUT2D eigenvalue weighted by Gasteiger charge is -2.26. The zero-order chi connectivity index (χ0) is 18.3. The van der Waals surface area contributed by atoms with Gasteiger partial charge in [0.05, 0.1) is 11.0 Å². The lowest BCUT2D eigenvalue weighted by molar-refractivity contribution is 0.103. The molecule has 1 aliphatic heterocycles. The molecule has 1 fully saturated rings. The minimum Gasteiger partial charge on any atom is -0.321 e. The number of carbonyl (C=O) groups is 1. The number of rotatable bonds is 4. The first-order valence-corrected chi connectivity index (χ1v) is 10.3. The van der Waals surface area contributed by atoms with Crippen LogP contribution in [-0.4, -0.2) is 20.4 Å². The van der Waals surface area contributed by atoms with Crippen LogP contribution in [0, 0.1) is 17.2 Å². The molecule has 1 atom stereocenters. The fourth-order valence-electron chi connectivity index (χ4n) is 4.02. The number of nitrogens with one attached hydrogen (secondary N) is 2. The van der Waals surface area contributed by atoms with E-state index in [2.05, 4.69) is 16.1 Å². The molecular weight excluding hydrogens is 350 g/mol. The van der Waals surface area contributed by atoms with Gasteiger partial charge in [-0.1, -0.05) is 31.4 Å². The Morgan fingerprint density at radius 1 is 1.15 bits per heavy atom. The van der Waals surface area contributed by atoms with E-state index in [9.17, 15) is 18.5 Å². The van der Waals surface area contributed by atoms with Gasteiger partial charge >= 0.3 is 0 Å². The standard InChI is InChI=1S/C19H19N3O3S/c20-11-16(12-5-2-1-3-6-12)22-26(24,25)17-10-9-15-18-13(17)7-4-8-14(18)19(23)21-15/h4,7-10,12,16,22H,1-3,5-6H2,(H,21,23). The predicted molar refractivity (Wildman–Crippen MR) is 98.2 cm³/mol. The fourth-order valence-corrected chi connectivity index (χ4v) is 5.44. The maximum Gasteiger partial charge on any atom is 0.256 e. The van der Waals surface area contributed by atoms with Gasteiger partial charge < -0.3 is 5.32 Å². The molecule has 2 aromatic rings. The van der Waals surface area contributed by atoms with Crippen molar-refractivity contribution in [2.45, 2.75) is 43.0 Å². The molecule has 1 aliphatic carbocycles. The average Bonchev–Trinajstić information content (AvgIpc) is 2.98. The van der Waals surface area contributed by atoms with E-state index in [1.807, 2.05) is 0 Å². The largest absolute Gasteiger partial charge is 0.321 e. The van der Waals surface area contributed by atoms with Crippen molar-refractivity contribution >= 4 is 32.4 Å². The summed E-state index contributed by atoms with van der Waals surface area (Å²) in [6, 6.07) is 9.54. The number of carbonyl (C=O) groups excluding carboxylic acids is 1. The van der Waals surface area contributed by atoms with Crippen LogP contribution in [0.5, 0.6) is 0 Å². The molecule has 2 N–H and O–H groups in total. The van der Waals surface area contributed by atoms with Gasteiger partial charge in [-0.2, -0.15) is 9.98 Å². The highest BCUT2D eigenvalue weighted by atomic mass is 32.2. The average molecular weight is 369 g/mol. The Balaban J connectivity index is 1.74. The number of hydrogen-bond donors (Lipinski definition) is 2. The summed E-state index contributed by atoms with van der Waals surface area (Å²) in [5, 5.41) is 13.4. The second kappa shape index (κ2) is 6.38. The molecule has 7 heteroatoms. The normalized spacial score (nSPS) is 18.5. The van der Waals surface area contributed by atoms with Gasteiger partial charge in [-0.3, -0.25) is 4.79 Å². The van der Waals surface area contributed by atoms with E-state index in [1.54, 1.807) is 24.3 Å². The first kappa shape index (κ1) is 17.0. The van der Waals surface area contributed by atoms with Gasteiger partial charge in [0.25, 0.3) is 5.91 Å². The first-order chi connectivity index (χ1) is 12.5. The first-order valence-electron chi connectivity index (χ1n) is 8.80. The molecule has 2 aliphatic rings. The van der Waals surface area contributed by atoms with Crippen LogP contribution in [0.1, 0.15) is 42.5 Å². The highest BCUT2D eigenvalue weighted by Gasteiger charge is 2.31. The van der Waals surface area contributed by atoms with Crippen molar-refractivity contribution in [3.05, 3.63) is 35.9 Å². The topological polar surface area (TPSA) is 99.1 Å². The Kier molecular flexibility index (Phi) is 4.17. The summed E-state index contributed by atoms with van der Waals surface area (Å²) in [5.41, 5.74) is 1.09. The van der Waals surface area contributed by atoms with E-state index < -0.39 is 16.1 Å². The fraction of sp³-hybridized carbons (Fsp3) is 0.368. The SMILES string of the molecule is N#CC(NS(=O)(=O)c1ccc2c3c(cccc13)C(=O)N2)C1CCCCC1. The van der Waals surface area contributed by atoms with E-state index in [4.69, 9.17) is 0 Å². The van der Waals surface area contributed by atoms with Crippen molar-refractivity contribution in [2.24, 2.45) is 5.92 Å². The zero-order valence-electron chi connectivity index (χ0n) is 14.2. The zero-order valence-corrected chi connectivity index (χ0v) is 15.0. The molecule has 0 spiro atoms. The van der Waals surface area contributed by atoms with Gasteiger partial charge in [-0.15, -0.1) is 0 Å². The molecular formula is C19H19N3O3S. The Morgan fingerprint density at radius 3 is 2.65 bits per heavy atom. The molecule has 1 amide bonds. The molecule has 0 aromatic heterocycles. The van der Waals surface area contributed by atoms with Crippen LogP contribution in [0.15, 0.2) is 35.2 Å². The van der Waals surface area contributed by atoms with Gasteiger partial charge in [0, 0.05) is 22.0 Å². The number of sulfonamides is 1. The Hall–Kier alpha value is -2.43. The molecule has 1 unspecified atom stereocenters. The van der Waals surface area contributed by atoms with E-state index in [0.29, 0.717) is 22.0 Å². The minimum absolute atomic E-state index is 0.0450. The number of benzene rings is 2. The van der Waals surface area contributed by atoms with E-state index in [1.165, 1.54) is 6.07 Å². The van der Waals surface area contributed by atoms with Crippen molar-refractivity contribution < 1.29 is 13.2 Å². The minimum atomic E-state index is -3.88. The van der Waals surface area contributed by atoms with Crippen molar-refractivity contribution in [2.75, 3.05) is 5.32 Å². The molecule has 0 radical (unpaired) electrons. The van der Waals surface area contributed by atoms with Crippen LogP contribution < -0.4 is 10.0 Å². The molecule has 1 heterocycles. The van der Waals surface area contributed by atoms with Gasteiger partial charge in [0.1, 0.15) is 6.04 Å². The molecule has 4 rings (SSSR count). The van der Waals surface area contributed by atoms with Crippen LogP contribution in [0.3, 0.4) is 0 Å². The summed E-state index contributed by atoms with van der Waals surface area (Å²) in [7, 11) is -3.88. The summed E-state index contributed by atoms with van der Waals surface area (Å²) in [6.45, 7) is 0. The number of hydrogen-bond acceptors (Lipinski definition) is 4. The molecule has 6 nitrogen and oxygen atoms in total. The Labute approximate surface area is 152 Å². The Morgan fingerprint density at radius 2 is 1.92 bits per heavy atom. The van der Waals surface area contributed by atoms with Crippen molar-refractivity contribution in [1.29, 1.82) is 5.26 Å². The smallest absolute Gasteiger partial charge is 0.256 e. The maximum atomic E-state index is 13.0. The summed E-state index contributed by atoms with van der Waals surface area (Å²) >= 11 is 0. The summed E-state index contributed by atoms with van der Waals surface area (Å²) < 4.78 is 28.6. The van der Waals surface area contributed by atoms with Gasteiger partial charge in [-0.25, -0.2) is 8.42 Å². The van der Waals surface area contributed by atoms with Gasteiger partial charge in [0.15, 0.2) is 0 Å². The molecule has 134 valence electrons. The molecule has 2 aromatic carbocycles. The lowest BCUT2D eigenvalue weighted by atomic mass is 9.85. The quantitative estimate of drug-likeness (QED) is 0.865. The third-order valence-electron chi connectivity index (χ3n) is 5.33. The summed E-state index contributed by atoms with van der Waals surface area (Å²) in [5.74, 6) is -0.186. The van der Waals surface area contributed by atoms with E-state index >= 15 is 0 Å². The lowest BCUT2D eigenvalue weighted by Crippen LogP contribution is -2.40. The monoisotopic (exact) mass is 369 g/mol. The number of anilines is 1. The molecule has 26 heavy (non-hydrogen) atoms. The Bertz CT molecular complexity index is 1030. The second-order valence-electron chi connectivity index (χ2n) is 6.92. The third kappa shape index (κ3) is 2.75. The van der Waals surface area contributed by atoms with Crippen molar-refractivity contribution in [3.8, 4) is 6.07 Å². The molecule has 0 saturated heterocycles. The van der Waals surface area contributed by atoms with Crippen molar-refractivity contribution in [3.63, 3.8) is 0 Å². The number of amides is 1. The van der Waals surface area contributed by atoms with Gasteiger partial charge in [-0.05, 0) is 37.0 Å². The van der Waals surface area contributed by atoms with E-state index in [-0.39, 0.29) is 16.7 Å². The highest BCUT2D eigenvalue weighted by Crippen LogP contribution is 2.36. The third-order valence-corrected chi connectivity index (χ3v) is 6.82. The molecule has 1 saturated carbocycles. The highest BCUT2D eigenvalue weighted by molar-refractivity contribution is 7.89. The van der Waals surface area contributed by atoms with E-state index in [0.717, 1.165) is 32.1 Å². The predicted octanol–water partition coefficient (Wildman–Crippen LogP) is 3.16. The van der Waals surface area contributed by atoms with Crippen LogP contribution >= 0.6 is 0 Å². The van der Waals surface area contributed by atoms with Crippen LogP contribution in [0.4, 0.5) is 5.69 Å². The summed E-state index contributed by atoms with van der Waals surface area (Å²) in [6.07, 6.45) is 4.92. The second-order valence-corrected chi connectivity index (χ2v) is 8.60. The number of nitrogens with zero attached hydrogens (tertiary/aromatic N) is 1. The maximum absolute atomic E-state index is 13.0. The number of nitriles is 1. The van der Waals surface area contributed by atoms with Crippen LogP contribution in [0.25, 0.3) is 10.8 Å². The van der Waals surface area contributed by atoms with Crippen LogP contribution in [-0.2, 0) is 10.0 Å².